The van der Waals surface area contributed by atoms with Crippen LogP contribution in [0.1, 0.15) is 26.0 Å². The van der Waals surface area contributed by atoms with Gasteiger partial charge in [0.1, 0.15) is 4.60 Å². The van der Waals surface area contributed by atoms with Crippen molar-refractivity contribution in [3.8, 4) is 0 Å². The number of carbonyl (C=O) groups excluding carboxylic acids is 1. The van der Waals surface area contributed by atoms with E-state index in [9.17, 15) is 4.79 Å². The summed E-state index contributed by atoms with van der Waals surface area (Å²) in [6, 6.07) is -0.239. The Hall–Kier alpha value is -1.47. The molecular formula is C13H18BrN5O. The highest BCUT2D eigenvalue weighted by atomic mass is 79.9. The first kappa shape index (κ1) is 14.9. The fourth-order valence-corrected chi connectivity index (χ4v) is 2.11. The molecule has 0 bridgehead atoms. The second-order valence-corrected chi connectivity index (χ2v) is 5.39. The lowest BCUT2D eigenvalue weighted by molar-refractivity contribution is -0.122. The molecule has 0 spiro atoms. The Kier molecular flexibility index (Phi) is 5.08. The maximum absolute atomic E-state index is 11.8. The summed E-state index contributed by atoms with van der Waals surface area (Å²) in [6.07, 6.45) is 6.28. The molecule has 0 aliphatic carbocycles. The van der Waals surface area contributed by atoms with E-state index in [2.05, 4.69) is 36.5 Å². The summed E-state index contributed by atoms with van der Waals surface area (Å²) in [7, 11) is 0. The second kappa shape index (κ2) is 6.81. The summed E-state index contributed by atoms with van der Waals surface area (Å²) in [5.74, 6) is 0.0171. The third-order valence-corrected chi connectivity index (χ3v) is 3.38. The molecule has 6 nitrogen and oxygen atoms in total. The van der Waals surface area contributed by atoms with Gasteiger partial charge in [-0.25, -0.2) is 9.97 Å². The number of nitrogens with zero attached hydrogens (tertiary/aromatic N) is 3. The molecule has 0 radical (unpaired) electrons. The normalized spacial score (nSPS) is 12.6. The molecule has 7 heteroatoms. The van der Waals surface area contributed by atoms with Gasteiger partial charge >= 0.3 is 0 Å². The van der Waals surface area contributed by atoms with Crippen LogP contribution in [0.5, 0.6) is 0 Å². The molecule has 108 valence electrons. The van der Waals surface area contributed by atoms with E-state index in [0.29, 0.717) is 13.1 Å². The van der Waals surface area contributed by atoms with Gasteiger partial charge in [0.2, 0.25) is 5.91 Å². The molecule has 0 saturated carbocycles. The highest BCUT2D eigenvalue weighted by Gasteiger charge is 2.12. The van der Waals surface area contributed by atoms with Crippen molar-refractivity contribution in [2.24, 2.45) is 0 Å². The molecule has 2 heterocycles. The van der Waals surface area contributed by atoms with E-state index in [1.807, 2.05) is 24.4 Å². The lowest BCUT2D eigenvalue weighted by Gasteiger charge is -2.13. The van der Waals surface area contributed by atoms with Crippen LogP contribution < -0.4 is 10.6 Å². The lowest BCUT2D eigenvalue weighted by atomic mass is 10.3. The number of halogens is 1. The highest BCUT2D eigenvalue weighted by molar-refractivity contribution is 9.10. The van der Waals surface area contributed by atoms with Crippen LogP contribution in [0.2, 0.25) is 0 Å². The molecule has 20 heavy (non-hydrogen) atoms. The Morgan fingerprint density at radius 1 is 1.45 bits per heavy atom. The summed E-state index contributed by atoms with van der Waals surface area (Å²) < 4.78 is 2.69. The first-order valence-electron chi connectivity index (χ1n) is 6.60. The average molecular weight is 340 g/mol. The molecule has 2 aromatic rings. The van der Waals surface area contributed by atoms with Gasteiger partial charge in [-0.05, 0) is 29.3 Å². The molecule has 1 atom stereocenters. The zero-order chi connectivity index (χ0) is 14.5. The van der Waals surface area contributed by atoms with Gasteiger partial charge in [-0.15, -0.1) is 0 Å². The van der Waals surface area contributed by atoms with Crippen molar-refractivity contribution in [2.45, 2.75) is 32.9 Å². The van der Waals surface area contributed by atoms with Crippen LogP contribution in [0.15, 0.2) is 23.2 Å². The Balaban J connectivity index is 1.98. The Morgan fingerprint density at radius 3 is 3.00 bits per heavy atom. The van der Waals surface area contributed by atoms with Crippen molar-refractivity contribution in [1.82, 2.24) is 25.0 Å². The van der Waals surface area contributed by atoms with E-state index in [0.717, 1.165) is 22.4 Å². The van der Waals surface area contributed by atoms with Gasteiger partial charge in [0.15, 0.2) is 5.65 Å². The van der Waals surface area contributed by atoms with Gasteiger partial charge in [-0.1, -0.05) is 6.92 Å². The van der Waals surface area contributed by atoms with Crippen molar-refractivity contribution >= 4 is 27.5 Å². The van der Waals surface area contributed by atoms with Gasteiger partial charge < -0.3 is 10.6 Å². The number of imidazole rings is 1. The van der Waals surface area contributed by atoms with Crippen molar-refractivity contribution < 1.29 is 4.79 Å². The van der Waals surface area contributed by atoms with Crippen molar-refractivity contribution in [2.75, 3.05) is 6.54 Å². The molecule has 0 fully saturated rings. The van der Waals surface area contributed by atoms with Gasteiger partial charge in [-0.2, -0.15) is 0 Å². The molecule has 0 aromatic carbocycles. The fraction of sp³-hybridized carbons (Fsp3) is 0.462. The number of hydrogen-bond acceptors (Lipinski definition) is 4. The quantitative estimate of drug-likeness (QED) is 0.836. The van der Waals surface area contributed by atoms with Crippen molar-refractivity contribution in [3.05, 3.63) is 28.9 Å². The van der Waals surface area contributed by atoms with Crippen molar-refractivity contribution in [3.63, 3.8) is 0 Å². The number of amides is 1. The van der Waals surface area contributed by atoms with Crippen LogP contribution >= 0.6 is 15.9 Å². The molecule has 2 N–H and O–H groups in total. The van der Waals surface area contributed by atoms with E-state index < -0.39 is 0 Å². The summed E-state index contributed by atoms with van der Waals surface area (Å²) in [5, 5.41) is 6.06. The third-order valence-electron chi connectivity index (χ3n) is 2.97. The van der Waals surface area contributed by atoms with Gasteiger partial charge in [0.05, 0.1) is 24.1 Å². The zero-order valence-corrected chi connectivity index (χ0v) is 13.1. The number of nitrogens with one attached hydrogen (secondary N) is 2. The Morgan fingerprint density at radius 2 is 2.25 bits per heavy atom. The number of rotatable bonds is 6. The fourth-order valence-electron chi connectivity index (χ4n) is 1.80. The van der Waals surface area contributed by atoms with Gasteiger partial charge in [-0.3, -0.25) is 9.20 Å². The molecule has 1 unspecified atom stereocenters. The molecular weight excluding hydrogens is 322 g/mol. The lowest BCUT2D eigenvalue weighted by Crippen LogP contribution is -2.42. The van der Waals surface area contributed by atoms with Crippen LogP contribution in [-0.2, 0) is 11.3 Å². The number of aromatic nitrogens is 3. The maximum atomic E-state index is 11.8. The maximum Gasteiger partial charge on any atom is 0.236 e. The summed E-state index contributed by atoms with van der Waals surface area (Å²) in [5.41, 5.74) is 1.77. The van der Waals surface area contributed by atoms with E-state index in [1.165, 1.54) is 0 Å². The van der Waals surface area contributed by atoms with Gasteiger partial charge in [0.25, 0.3) is 0 Å². The minimum absolute atomic E-state index is 0.0171. The molecule has 0 saturated heterocycles. The summed E-state index contributed by atoms with van der Waals surface area (Å²) in [6.45, 7) is 5.16. The van der Waals surface area contributed by atoms with E-state index >= 15 is 0 Å². The van der Waals surface area contributed by atoms with Crippen LogP contribution in [0.3, 0.4) is 0 Å². The van der Waals surface area contributed by atoms with E-state index in [-0.39, 0.29) is 11.9 Å². The molecule has 2 aromatic heterocycles. The number of carbonyl (C=O) groups is 1. The average Bonchev–Trinajstić information content (AvgIpc) is 2.84. The number of hydrogen-bond donors (Lipinski definition) is 2. The topological polar surface area (TPSA) is 71.3 Å². The molecule has 0 aliphatic rings. The van der Waals surface area contributed by atoms with E-state index in [1.54, 1.807) is 12.4 Å². The van der Waals surface area contributed by atoms with Crippen LogP contribution in [0.25, 0.3) is 5.65 Å². The largest absolute Gasteiger partial charge is 0.355 e. The minimum atomic E-state index is -0.239. The summed E-state index contributed by atoms with van der Waals surface area (Å²) in [4.78, 5) is 20.2. The Bertz CT molecular complexity index is 597. The SMILES string of the molecule is CCCNC(=O)C(C)NCc1cnc2cnc(Br)cn12. The first-order chi connectivity index (χ1) is 9.61. The monoisotopic (exact) mass is 339 g/mol. The second-order valence-electron chi connectivity index (χ2n) is 4.58. The third kappa shape index (κ3) is 3.55. The molecule has 1 amide bonds. The Labute approximate surface area is 126 Å². The summed E-state index contributed by atoms with van der Waals surface area (Å²) >= 11 is 3.34. The standard InChI is InChI=1S/C13H18BrN5O/c1-3-4-15-13(20)9(2)16-5-10-6-18-12-7-17-11(14)8-19(10)12/h6-9,16H,3-5H2,1-2H3,(H,15,20). The van der Waals surface area contributed by atoms with E-state index in [4.69, 9.17) is 0 Å². The predicted octanol–water partition coefficient (Wildman–Crippen LogP) is 1.50. The van der Waals surface area contributed by atoms with Crippen molar-refractivity contribution in [1.29, 1.82) is 0 Å². The minimum Gasteiger partial charge on any atom is -0.355 e. The van der Waals surface area contributed by atoms with Crippen LogP contribution in [0.4, 0.5) is 0 Å². The smallest absolute Gasteiger partial charge is 0.236 e. The van der Waals surface area contributed by atoms with Gasteiger partial charge in [0, 0.05) is 19.3 Å². The van der Waals surface area contributed by atoms with Crippen LogP contribution in [-0.4, -0.2) is 32.9 Å². The van der Waals surface area contributed by atoms with Crippen LogP contribution in [0, 0.1) is 0 Å². The predicted molar refractivity (Wildman–Crippen MR) is 80.3 cm³/mol. The molecule has 0 aliphatic heterocycles. The molecule has 2 rings (SSSR count). The first-order valence-corrected chi connectivity index (χ1v) is 7.39. The highest BCUT2D eigenvalue weighted by Crippen LogP contribution is 2.10. The zero-order valence-electron chi connectivity index (χ0n) is 11.6. The number of fused-ring (bicyclic) bond motifs is 1.